The first-order valence-corrected chi connectivity index (χ1v) is 6.25. The van der Waals surface area contributed by atoms with Crippen LogP contribution < -0.4 is 10.6 Å². The minimum Gasteiger partial charge on any atom is -0.396 e. The third-order valence-electron chi connectivity index (χ3n) is 3.41. The van der Waals surface area contributed by atoms with Crippen LogP contribution >= 0.6 is 0 Å². The number of nitrogens with zero attached hydrogens (tertiary/aromatic N) is 4. The molecule has 0 saturated carbocycles. The Kier molecular flexibility index (Phi) is 2.66. The zero-order chi connectivity index (χ0) is 12.5. The summed E-state index contributed by atoms with van der Waals surface area (Å²) in [5.41, 5.74) is 8.73. The van der Waals surface area contributed by atoms with Crippen molar-refractivity contribution >= 4 is 11.5 Å². The van der Waals surface area contributed by atoms with Gasteiger partial charge in [0.1, 0.15) is 5.82 Å². The zero-order valence-corrected chi connectivity index (χ0v) is 10.5. The largest absolute Gasteiger partial charge is 0.396 e. The fourth-order valence-corrected chi connectivity index (χ4v) is 2.55. The Morgan fingerprint density at radius 2 is 2.06 bits per heavy atom. The maximum absolute atomic E-state index is 6.01. The average Bonchev–Trinajstić information content (AvgIpc) is 3.00. The van der Waals surface area contributed by atoms with Gasteiger partial charge in [-0.05, 0) is 25.0 Å². The molecular formula is C13H17N5. The molecule has 2 aromatic rings. The van der Waals surface area contributed by atoms with Gasteiger partial charge in [0.2, 0.25) is 0 Å². The molecule has 2 aromatic heterocycles. The highest BCUT2D eigenvalue weighted by Gasteiger charge is 2.20. The van der Waals surface area contributed by atoms with Crippen LogP contribution in [0, 0.1) is 0 Å². The molecule has 2 N–H and O–H groups in total. The number of hydrogen-bond donors (Lipinski definition) is 1. The predicted molar refractivity (Wildman–Crippen MR) is 72.3 cm³/mol. The standard InChI is InChI=1S/C13H17N5/c1-17-12(11(14)9-16-17)10-5-4-6-15-13(10)18-7-2-3-8-18/h4-6,9H,2-3,7-8,14H2,1H3. The maximum Gasteiger partial charge on any atom is 0.138 e. The second-order valence-corrected chi connectivity index (χ2v) is 4.64. The first kappa shape index (κ1) is 11.1. The normalized spacial score (nSPS) is 15.3. The van der Waals surface area contributed by atoms with E-state index in [0.29, 0.717) is 5.69 Å². The van der Waals surface area contributed by atoms with E-state index in [4.69, 9.17) is 5.73 Å². The molecule has 5 heteroatoms. The number of nitrogens with two attached hydrogens (primary N) is 1. The van der Waals surface area contributed by atoms with E-state index in [9.17, 15) is 0 Å². The van der Waals surface area contributed by atoms with Gasteiger partial charge in [0.25, 0.3) is 0 Å². The molecule has 1 aliphatic rings. The first-order valence-electron chi connectivity index (χ1n) is 6.25. The SMILES string of the molecule is Cn1ncc(N)c1-c1cccnc1N1CCCC1. The quantitative estimate of drug-likeness (QED) is 0.871. The van der Waals surface area contributed by atoms with E-state index in [2.05, 4.69) is 21.0 Å². The molecular weight excluding hydrogens is 226 g/mol. The molecule has 0 unspecified atom stereocenters. The van der Waals surface area contributed by atoms with Crippen molar-refractivity contribution in [2.75, 3.05) is 23.7 Å². The van der Waals surface area contributed by atoms with E-state index in [1.165, 1.54) is 12.8 Å². The van der Waals surface area contributed by atoms with Gasteiger partial charge in [0.15, 0.2) is 0 Å². The van der Waals surface area contributed by atoms with E-state index in [1.807, 2.05) is 24.0 Å². The molecule has 3 rings (SSSR count). The van der Waals surface area contributed by atoms with Crippen LogP contribution in [-0.2, 0) is 7.05 Å². The summed E-state index contributed by atoms with van der Waals surface area (Å²) in [6, 6.07) is 4.01. The molecule has 3 heterocycles. The van der Waals surface area contributed by atoms with Crippen LogP contribution in [0.15, 0.2) is 24.5 Å². The smallest absolute Gasteiger partial charge is 0.138 e. The fourth-order valence-electron chi connectivity index (χ4n) is 2.55. The predicted octanol–water partition coefficient (Wildman–Crippen LogP) is 1.66. The van der Waals surface area contributed by atoms with E-state index in [-0.39, 0.29) is 0 Å². The number of nitrogen functional groups attached to an aromatic ring is 1. The molecule has 0 spiro atoms. The highest BCUT2D eigenvalue weighted by Crippen LogP contribution is 2.33. The Hall–Kier alpha value is -2.04. The highest BCUT2D eigenvalue weighted by atomic mass is 15.3. The third-order valence-corrected chi connectivity index (χ3v) is 3.41. The van der Waals surface area contributed by atoms with Crippen LogP contribution in [0.2, 0.25) is 0 Å². The van der Waals surface area contributed by atoms with Gasteiger partial charge in [-0.25, -0.2) is 4.98 Å². The number of rotatable bonds is 2. The second kappa shape index (κ2) is 4.33. The van der Waals surface area contributed by atoms with Crippen molar-refractivity contribution in [3.8, 4) is 11.3 Å². The number of anilines is 2. The van der Waals surface area contributed by atoms with Gasteiger partial charge < -0.3 is 10.6 Å². The second-order valence-electron chi connectivity index (χ2n) is 4.64. The lowest BCUT2D eigenvalue weighted by Crippen LogP contribution is -2.20. The van der Waals surface area contributed by atoms with Crippen LogP contribution in [0.3, 0.4) is 0 Å². The van der Waals surface area contributed by atoms with Gasteiger partial charge >= 0.3 is 0 Å². The lowest BCUT2D eigenvalue weighted by atomic mass is 10.1. The van der Waals surface area contributed by atoms with E-state index >= 15 is 0 Å². The Morgan fingerprint density at radius 1 is 1.28 bits per heavy atom. The van der Waals surface area contributed by atoms with E-state index in [0.717, 1.165) is 30.2 Å². The topological polar surface area (TPSA) is 60.0 Å². The van der Waals surface area contributed by atoms with Gasteiger partial charge in [-0.2, -0.15) is 5.10 Å². The highest BCUT2D eigenvalue weighted by molar-refractivity contribution is 5.81. The summed E-state index contributed by atoms with van der Waals surface area (Å²) < 4.78 is 1.81. The molecule has 1 saturated heterocycles. The van der Waals surface area contributed by atoms with Gasteiger partial charge in [-0.15, -0.1) is 0 Å². The molecule has 0 aliphatic carbocycles. The molecule has 1 fully saturated rings. The third kappa shape index (κ3) is 1.72. The molecule has 0 atom stereocenters. The fraction of sp³-hybridized carbons (Fsp3) is 0.385. The van der Waals surface area contributed by atoms with Gasteiger partial charge in [-0.1, -0.05) is 0 Å². The number of aromatic nitrogens is 3. The molecule has 0 radical (unpaired) electrons. The van der Waals surface area contributed by atoms with Crippen molar-refractivity contribution in [2.24, 2.45) is 7.05 Å². The summed E-state index contributed by atoms with van der Waals surface area (Å²) in [5, 5.41) is 4.21. The summed E-state index contributed by atoms with van der Waals surface area (Å²) >= 11 is 0. The molecule has 0 bridgehead atoms. The van der Waals surface area contributed by atoms with Crippen molar-refractivity contribution in [1.82, 2.24) is 14.8 Å². The summed E-state index contributed by atoms with van der Waals surface area (Å²) in [5.74, 6) is 1.02. The minimum atomic E-state index is 0.700. The summed E-state index contributed by atoms with van der Waals surface area (Å²) in [4.78, 5) is 6.85. The lowest BCUT2D eigenvalue weighted by molar-refractivity contribution is 0.774. The Labute approximate surface area is 106 Å². The van der Waals surface area contributed by atoms with Crippen molar-refractivity contribution in [1.29, 1.82) is 0 Å². The molecule has 5 nitrogen and oxygen atoms in total. The summed E-state index contributed by atoms with van der Waals surface area (Å²) in [7, 11) is 1.91. The van der Waals surface area contributed by atoms with Crippen molar-refractivity contribution in [3.05, 3.63) is 24.5 Å². The molecule has 1 aliphatic heterocycles. The van der Waals surface area contributed by atoms with Gasteiger partial charge in [0, 0.05) is 31.9 Å². The molecule has 94 valence electrons. The van der Waals surface area contributed by atoms with Crippen LogP contribution in [-0.4, -0.2) is 27.9 Å². The van der Waals surface area contributed by atoms with Crippen LogP contribution in [0.25, 0.3) is 11.3 Å². The minimum absolute atomic E-state index is 0.700. The molecule has 0 aromatic carbocycles. The van der Waals surface area contributed by atoms with Crippen molar-refractivity contribution in [3.63, 3.8) is 0 Å². The number of pyridine rings is 1. The van der Waals surface area contributed by atoms with Crippen LogP contribution in [0.1, 0.15) is 12.8 Å². The summed E-state index contributed by atoms with van der Waals surface area (Å²) in [6.45, 7) is 2.14. The molecule has 0 amide bonds. The Bertz CT molecular complexity index is 535. The van der Waals surface area contributed by atoms with E-state index in [1.54, 1.807) is 6.20 Å². The number of aryl methyl sites for hydroxylation is 1. The monoisotopic (exact) mass is 243 g/mol. The number of hydrogen-bond acceptors (Lipinski definition) is 4. The van der Waals surface area contributed by atoms with Gasteiger partial charge in [-0.3, -0.25) is 4.68 Å². The maximum atomic E-state index is 6.01. The first-order chi connectivity index (χ1) is 8.77. The van der Waals surface area contributed by atoms with Crippen LogP contribution in [0.5, 0.6) is 0 Å². The van der Waals surface area contributed by atoms with E-state index < -0.39 is 0 Å². The Balaban J connectivity index is 2.12. The zero-order valence-electron chi connectivity index (χ0n) is 10.5. The van der Waals surface area contributed by atoms with Crippen molar-refractivity contribution < 1.29 is 0 Å². The Morgan fingerprint density at radius 3 is 2.72 bits per heavy atom. The average molecular weight is 243 g/mol. The van der Waals surface area contributed by atoms with Crippen LogP contribution in [0.4, 0.5) is 11.5 Å². The van der Waals surface area contributed by atoms with Gasteiger partial charge in [0.05, 0.1) is 17.6 Å². The van der Waals surface area contributed by atoms with Crippen molar-refractivity contribution in [2.45, 2.75) is 12.8 Å². The lowest BCUT2D eigenvalue weighted by Gasteiger charge is -2.20. The molecule has 18 heavy (non-hydrogen) atoms. The summed E-state index contributed by atoms with van der Waals surface area (Å²) in [6.07, 6.45) is 5.99.